The van der Waals surface area contributed by atoms with E-state index in [1.165, 1.54) is 0 Å². The van der Waals surface area contributed by atoms with Crippen LogP contribution in [0.15, 0.2) is 48.3 Å². The Morgan fingerprint density at radius 3 is 2.80 bits per heavy atom. The molecule has 132 valence electrons. The lowest BCUT2D eigenvalue weighted by molar-refractivity contribution is -0.108. The van der Waals surface area contributed by atoms with E-state index in [4.69, 9.17) is 9.84 Å². The van der Waals surface area contributed by atoms with E-state index in [2.05, 4.69) is 22.5 Å². The maximum Gasteiger partial charge on any atom is 0.211 e. The highest BCUT2D eigenvalue weighted by atomic mass is 16.5. The number of rotatable bonds is 8. The number of carbonyl (C=O) groups is 1. The number of aliphatic hydroxyl groups is 1. The zero-order valence-corrected chi connectivity index (χ0v) is 14.2. The van der Waals surface area contributed by atoms with E-state index in [0.29, 0.717) is 25.3 Å². The van der Waals surface area contributed by atoms with Crippen molar-refractivity contribution in [2.45, 2.75) is 6.04 Å². The highest BCUT2D eigenvalue weighted by Gasteiger charge is 2.03. The van der Waals surface area contributed by atoms with Crippen molar-refractivity contribution in [2.24, 2.45) is 0 Å². The average molecular weight is 341 g/mol. The van der Waals surface area contributed by atoms with E-state index < -0.39 is 0 Å². The van der Waals surface area contributed by atoms with Gasteiger partial charge in [-0.05, 0) is 43.5 Å². The highest BCUT2D eigenvalue weighted by molar-refractivity contribution is 5.52. The lowest BCUT2D eigenvalue weighted by atomic mass is 10.1. The quantitative estimate of drug-likeness (QED) is 0.473. The average Bonchev–Trinajstić information content (AvgIpc) is 2.63. The van der Waals surface area contributed by atoms with Crippen molar-refractivity contribution in [3.63, 3.8) is 0 Å². The fraction of sp³-hybridized carbons (Fsp3) is 0.316. The third-order valence-corrected chi connectivity index (χ3v) is 3.56. The summed E-state index contributed by atoms with van der Waals surface area (Å²) in [6, 6.07) is 7.54. The predicted molar refractivity (Wildman–Crippen MR) is 96.7 cm³/mol. The molecule has 0 radical (unpaired) electrons. The van der Waals surface area contributed by atoms with Gasteiger partial charge >= 0.3 is 0 Å². The number of benzene rings is 1. The minimum Gasteiger partial charge on any atom is -0.492 e. The van der Waals surface area contributed by atoms with E-state index in [0.717, 1.165) is 17.9 Å². The molecule has 0 spiro atoms. The number of nitrogens with zero attached hydrogens (tertiary/aromatic N) is 1. The van der Waals surface area contributed by atoms with Crippen LogP contribution in [0.2, 0.25) is 0 Å². The Kier molecular flexibility index (Phi) is 7.57. The third-order valence-electron chi connectivity index (χ3n) is 3.56. The summed E-state index contributed by atoms with van der Waals surface area (Å²) in [6.07, 6.45) is 6.06. The minimum atomic E-state index is -0.0878. The molecule has 6 heteroatoms. The van der Waals surface area contributed by atoms with Crippen molar-refractivity contribution in [1.29, 1.82) is 0 Å². The van der Waals surface area contributed by atoms with E-state index >= 15 is 0 Å². The van der Waals surface area contributed by atoms with Crippen molar-refractivity contribution in [3.05, 3.63) is 53.9 Å². The van der Waals surface area contributed by atoms with Crippen LogP contribution in [0.5, 0.6) is 5.75 Å². The second-order valence-corrected chi connectivity index (χ2v) is 5.53. The molecule has 1 heterocycles. The number of dihydropyridines is 1. The van der Waals surface area contributed by atoms with Crippen LogP contribution in [0.3, 0.4) is 0 Å². The molecule has 1 aliphatic rings. The predicted octanol–water partition coefficient (Wildman–Crippen LogP) is 0.456. The molecule has 1 aromatic carbocycles. The molecule has 3 N–H and O–H groups in total. The molecule has 1 unspecified atom stereocenters. The number of hydrogen-bond donors (Lipinski definition) is 3. The summed E-state index contributed by atoms with van der Waals surface area (Å²) in [4.78, 5) is 12.4. The number of nitrogens with one attached hydrogen (secondary N) is 2. The highest BCUT2D eigenvalue weighted by Crippen LogP contribution is 2.11. The lowest BCUT2D eigenvalue weighted by Crippen LogP contribution is -2.27. The number of amides is 1. The summed E-state index contributed by atoms with van der Waals surface area (Å²) in [6.45, 7) is 2.13. The number of hydrogen-bond acceptors (Lipinski definition) is 5. The molecule has 1 aromatic rings. The summed E-state index contributed by atoms with van der Waals surface area (Å²) in [5.74, 6) is 7.01. The van der Waals surface area contributed by atoms with Crippen LogP contribution in [-0.4, -0.2) is 55.8 Å². The summed E-state index contributed by atoms with van der Waals surface area (Å²) in [7, 11) is 1.94. The number of aliphatic hydroxyl groups excluding tert-OH is 1. The van der Waals surface area contributed by atoms with Crippen molar-refractivity contribution < 1.29 is 14.6 Å². The van der Waals surface area contributed by atoms with Gasteiger partial charge in [0.2, 0.25) is 6.41 Å². The van der Waals surface area contributed by atoms with Gasteiger partial charge in [-0.25, -0.2) is 0 Å². The molecule has 0 bridgehead atoms. The molecule has 2 rings (SSSR count). The molecule has 0 fully saturated rings. The first kappa shape index (κ1) is 18.6. The van der Waals surface area contributed by atoms with Gasteiger partial charge in [-0.1, -0.05) is 11.8 Å². The number of allylic oxidation sites excluding steroid dienone is 1. The normalized spacial score (nSPS) is 15.6. The molecular formula is C19H23N3O3. The number of carbonyl (C=O) groups excluding carboxylic acids is 1. The van der Waals surface area contributed by atoms with Crippen LogP contribution in [0.4, 0.5) is 0 Å². The lowest BCUT2D eigenvalue weighted by Gasteiger charge is -2.15. The zero-order chi connectivity index (χ0) is 17.9. The van der Waals surface area contributed by atoms with Crippen LogP contribution in [-0.2, 0) is 4.79 Å². The Morgan fingerprint density at radius 2 is 2.16 bits per heavy atom. The SMILES string of the molecule is CN(CCO)CCOc1ccc(C#CC2C=CC(NC=O)=CN2)cc1. The van der Waals surface area contributed by atoms with Gasteiger partial charge in [-0.15, -0.1) is 0 Å². The number of ether oxygens (including phenoxy) is 1. The van der Waals surface area contributed by atoms with Gasteiger partial charge in [0.05, 0.1) is 12.3 Å². The molecule has 0 aromatic heterocycles. The second kappa shape index (κ2) is 10.2. The van der Waals surface area contributed by atoms with Gasteiger partial charge in [-0.2, -0.15) is 0 Å². The van der Waals surface area contributed by atoms with E-state index in [1.807, 2.05) is 48.4 Å². The molecule has 0 aliphatic carbocycles. The molecule has 0 saturated heterocycles. The second-order valence-electron chi connectivity index (χ2n) is 5.53. The minimum absolute atomic E-state index is 0.0878. The van der Waals surface area contributed by atoms with E-state index in [9.17, 15) is 4.79 Å². The first-order valence-corrected chi connectivity index (χ1v) is 8.09. The van der Waals surface area contributed by atoms with E-state index in [-0.39, 0.29) is 12.6 Å². The summed E-state index contributed by atoms with van der Waals surface area (Å²) in [5, 5.41) is 14.5. The van der Waals surface area contributed by atoms with Gasteiger partial charge in [0, 0.05) is 24.9 Å². The fourth-order valence-corrected chi connectivity index (χ4v) is 2.13. The standard InChI is InChI=1S/C19H23N3O3/c1-22(10-12-23)11-13-25-19-8-3-16(4-9-19)2-5-17-6-7-18(14-20-17)21-15-24/h3-4,6-9,14-15,17,20,23H,10-13H2,1H3,(H,21,24). The Balaban J connectivity index is 1.79. The third kappa shape index (κ3) is 6.71. The van der Waals surface area contributed by atoms with Crippen LogP contribution < -0.4 is 15.4 Å². The first-order chi connectivity index (χ1) is 12.2. The van der Waals surface area contributed by atoms with E-state index in [1.54, 1.807) is 6.20 Å². The van der Waals surface area contributed by atoms with Crippen molar-refractivity contribution >= 4 is 6.41 Å². The monoisotopic (exact) mass is 341 g/mol. The van der Waals surface area contributed by atoms with Crippen molar-refractivity contribution in [3.8, 4) is 17.6 Å². The van der Waals surface area contributed by atoms with Gasteiger partial charge in [0.15, 0.2) is 0 Å². The molecule has 0 saturated carbocycles. The maximum atomic E-state index is 10.4. The fourth-order valence-electron chi connectivity index (χ4n) is 2.13. The van der Waals surface area contributed by atoms with Gasteiger partial charge in [-0.3, -0.25) is 4.79 Å². The zero-order valence-electron chi connectivity index (χ0n) is 14.2. The Morgan fingerprint density at radius 1 is 1.36 bits per heavy atom. The topological polar surface area (TPSA) is 73.8 Å². The van der Waals surface area contributed by atoms with Crippen LogP contribution in [0.25, 0.3) is 0 Å². The number of likely N-dealkylation sites (N-methyl/N-ethyl adjacent to an activating group) is 1. The smallest absolute Gasteiger partial charge is 0.211 e. The first-order valence-electron chi connectivity index (χ1n) is 8.09. The summed E-state index contributed by atoms with van der Waals surface area (Å²) < 4.78 is 5.67. The van der Waals surface area contributed by atoms with Gasteiger partial charge < -0.3 is 25.4 Å². The molecule has 1 atom stereocenters. The molecular weight excluding hydrogens is 318 g/mol. The summed E-state index contributed by atoms with van der Waals surface area (Å²) >= 11 is 0. The summed E-state index contributed by atoms with van der Waals surface area (Å²) in [5.41, 5.74) is 1.61. The van der Waals surface area contributed by atoms with Crippen LogP contribution in [0, 0.1) is 11.8 Å². The molecule has 6 nitrogen and oxygen atoms in total. The Bertz CT molecular complexity index is 671. The van der Waals surface area contributed by atoms with Crippen molar-refractivity contribution in [1.82, 2.24) is 15.5 Å². The molecule has 25 heavy (non-hydrogen) atoms. The van der Waals surface area contributed by atoms with Gasteiger partial charge in [0.25, 0.3) is 0 Å². The van der Waals surface area contributed by atoms with Gasteiger partial charge in [0.1, 0.15) is 18.4 Å². The van der Waals surface area contributed by atoms with Crippen LogP contribution >= 0.6 is 0 Å². The Hall–Kier alpha value is -2.75. The van der Waals surface area contributed by atoms with Crippen molar-refractivity contribution in [2.75, 3.05) is 33.4 Å². The van der Waals surface area contributed by atoms with Crippen LogP contribution in [0.1, 0.15) is 5.56 Å². The largest absolute Gasteiger partial charge is 0.492 e. The molecule has 1 amide bonds. The Labute approximate surface area is 148 Å². The maximum absolute atomic E-state index is 10.4. The molecule has 1 aliphatic heterocycles.